The molecule has 1 aromatic heterocycles. The number of nitrogens with two attached hydrogens (primary N) is 1. The topological polar surface area (TPSA) is 73.1 Å². The van der Waals surface area contributed by atoms with E-state index in [4.69, 9.17) is 10.5 Å². The van der Waals surface area contributed by atoms with E-state index in [2.05, 4.69) is 22.2 Å². The van der Waals surface area contributed by atoms with Crippen LogP contribution in [0.2, 0.25) is 0 Å². The van der Waals surface area contributed by atoms with Gasteiger partial charge in [0.05, 0.1) is 6.10 Å². The molecule has 3 N–H and O–H groups in total. The van der Waals surface area contributed by atoms with Gasteiger partial charge in [-0.05, 0) is 20.3 Å². The summed E-state index contributed by atoms with van der Waals surface area (Å²) in [7, 11) is 0. The number of nitrogens with zero attached hydrogens (tertiary/aromatic N) is 2. The summed E-state index contributed by atoms with van der Waals surface area (Å²) in [4.78, 5) is 8.18. The van der Waals surface area contributed by atoms with Gasteiger partial charge in [0.1, 0.15) is 12.0 Å². The molecular formula is C13H24N4O. The van der Waals surface area contributed by atoms with Crippen LogP contribution in [0.25, 0.3) is 0 Å². The highest BCUT2D eigenvalue weighted by Gasteiger charge is 2.09. The van der Waals surface area contributed by atoms with Gasteiger partial charge in [0.15, 0.2) is 5.82 Å². The Labute approximate surface area is 109 Å². The molecule has 1 rings (SSSR count). The van der Waals surface area contributed by atoms with Crippen LogP contribution in [-0.2, 0) is 0 Å². The Morgan fingerprint density at radius 3 is 2.72 bits per heavy atom. The van der Waals surface area contributed by atoms with Crippen molar-refractivity contribution < 1.29 is 4.74 Å². The lowest BCUT2D eigenvalue weighted by Crippen LogP contribution is -2.12. The lowest BCUT2D eigenvalue weighted by molar-refractivity contribution is 0.234. The molecule has 0 amide bonds. The molecule has 0 fully saturated rings. The smallest absolute Gasteiger partial charge is 0.242 e. The average Bonchev–Trinajstić information content (AvgIpc) is 2.33. The van der Waals surface area contributed by atoms with Crippen molar-refractivity contribution >= 4 is 11.5 Å². The van der Waals surface area contributed by atoms with E-state index in [1.165, 1.54) is 25.6 Å². The molecule has 0 aromatic carbocycles. The maximum atomic E-state index is 5.96. The maximum absolute atomic E-state index is 5.96. The second-order valence-corrected chi connectivity index (χ2v) is 4.60. The largest absolute Gasteiger partial charge is 0.473 e. The van der Waals surface area contributed by atoms with Crippen LogP contribution in [0.4, 0.5) is 11.5 Å². The Morgan fingerprint density at radius 2 is 2.06 bits per heavy atom. The summed E-state index contributed by atoms with van der Waals surface area (Å²) in [5, 5.41) is 3.23. The van der Waals surface area contributed by atoms with Gasteiger partial charge in [-0.2, -0.15) is 4.98 Å². The molecule has 0 bridgehead atoms. The normalized spacial score (nSPS) is 10.7. The zero-order chi connectivity index (χ0) is 13.4. The molecule has 0 aliphatic carbocycles. The number of hydrogen-bond acceptors (Lipinski definition) is 5. The molecule has 18 heavy (non-hydrogen) atoms. The zero-order valence-electron chi connectivity index (χ0n) is 11.6. The number of aromatic nitrogens is 2. The molecule has 0 atom stereocenters. The van der Waals surface area contributed by atoms with Crippen LogP contribution in [0.3, 0.4) is 0 Å². The highest BCUT2D eigenvalue weighted by atomic mass is 16.5. The van der Waals surface area contributed by atoms with Gasteiger partial charge in [-0.1, -0.05) is 26.2 Å². The monoisotopic (exact) mass is 252 g/mol. The van der Waals surface area contributed by atoms with Crippen LogP contribution in [0.15, 0.2) is 6.33 Å². The minimum Gasteiger partial charge on any atom is -0.473 e. The minimum atomic E-state index is 0.0552. The van der Waals surface area contributed by atoms with Gasteiger partial charge in [-0.25, -0.2) is 4.98 Å². The molecule has 0 radical (unpaired) electrons. The van der Waals surface area contributed by atoms with Gasteiger partial charge in [0.2, 0.25) is 5.88 Å². The van der Waals surface area contributed by atoms with Crippen molar-refractivity contribution in [1.29, 1.82) is 0 Å². The molecule has 5 heteroatoms. The summed E-state index contributed by atoms with van der Waals surface area (Å²) in [5.41, 5.74) is 6.45. The second-order valence-electron chi connectivity index (χ2n) is 4.60. The molecule has 0 spiro atoms. The van der Waals surface area contributed by atoms with Gasteiger partial charge in [-0.15, -0.1) is 0 Å². The van der Waals surface area contributed by atoms with E-state index in [1.54, 1.807) is 0 Å². The van der Waals surface area contributed by atoms with Crippen molar-refractivity contribution in [3.8, 4) is 5.88 Å². The van der Waals surface area contributed by atoms with Gasteiger partial charge in [-0.3, -0.25) is 0 Å². The fourth-order valence-corrected chi connectivity index (χ4v) is 1.60. The molecule has 0 aliphatic heterocycles. The first kappa shape index (κ1) is 14.5. The van der Waals surface area contributed by atoms with E-state index in [1.807, 2.05) is 13.8 Å². The maximum Gasteiger partial charge on any atom is 0.242 e. The lowest BCUT2D eigenvalue weighted by Gasteiger charge is -2.13. The molecule has 1 heterocycles. The van der Waals surface area contributed by atoms with E-state index >= 15 is 0 Å². The molecule has 5 nitrogen and oxygen atoms in total. The molecule has 1 aromatic rings. The fourth-order valence-electron chi connectivity index (χ4n) is 1.60. The molecule has 102 valence electrons. The third kappa shape index (κ3) is 4.77. The third-order valence-corrected chi connectivity index (χ3v) is 2.52. The Bertz CT molecular complexity index is 355. The van der Waals surface area contributed by atoms with E-state index in [0.717, 1.165) is 13.0 Å². The van der Waals surface area contributed by atoms with Gasteiger partial charge < -0.3 is 15.8 Å². The highest BCUT2D eigenvalue weighted by Crippen LogP contribution is 2.25. The molecule has 0 saturated carbocycles. The van der Waals surface area contributed by atoms with Gasteiger partial charge in [0.25, 0.3) is 0 Å². The lowest BCUT2D eigenvalue weighted by atomic mass is 10.2. The van der Waals surface area contributed by atoms with Crippen LogP contribution in [0.5, 0.6) is 5.88 Å². The number of rotatable bonds is 8. The van der Waals surface area contributed by atoms with Crippen LogP contribution >= 0.6 is 0 Å². The predicted molar refractivity (Wildman–Crippen MR) is 74.8 cm³/mol. The quantitative estimate of drug-likeness (QED) is 0.696. The van der Waals surface area contributed by atoms with E-state index in [0.29, 0.717) is 17.4 Å². The number of hydrogen-bond donors (Lipinski definition) is 2. The Balaban J connectivity index is 2.50. The Kier molecular flexibility index (Phi) is 6.25. The second kappa shape index (κ2) is 7.74. The average molecular weight is 252 g/mol. The van der Waals surface area contributed by atoms with Crippen LogP contribution < -0.4 is 15.8 Å². The summed E-state index contributed by atoms with van der Waals surface area (Å²) in [5.74, 6) is 1.12. The Morgan fingerprint density at radius 1 is 1.28 bits per heavy atom. The van der Waals surface area contributed by atoms with Crippen molar-refractivity contribution in [1.82, 2.24) is 9.97 Å². The number of anilines is 2. The van der Waals surface area contributed by atoms with E-state index in [-0.39, 0.29) is 6.10 Å². The van der Waals surface area contributed by atoms with Gasteiger partial charge in [0, 0.05) is 6.54 Å². The van der Waals surface area contributed by atoms with E-state index in [9.17, 15) is 0 Å². The number of unbranched alkanes of at least 4 members (excludes halogenated alkanes) is 3. The predicted octanol–water partition coefficient (Wildman–Crippen LogP) is 2.84. The first-order valence-corrected chi connectivity index (χ1v) is 6.66. The summed E-state index contributed by atoms with van der Waals surface area (Å²) in [6.45, 7) is 6.96. The molecule has 0 saturated heterocycles. The van der Waals surface area contributed by atoms with Crippen LogP contribution in [0, 0.1) is 0 Å². The van der Waals surface area contributed by atoms with E-state index < -0.39 is 0 Å². The standard InChI is InChI=1S/C13H24N4O/c1-4-5-6-7-8-15-12-11(14)13(17-9-16-12)18-10(2)3/h9-10H,4-8,14H2,1-3H3,(H,15,16,17). The van der Waals surface area contributed by atoms with Crippen LogP contribution in [-0.4, -0.2) is 22.6 Å². The summed E-state index contributed by atoms with van der Waals surface area (Å²) in [6.07, 6.45) is 6.38. The number of nitrogens with one attached hydrogen (secondary N) is 1. The first-order valence-electron chi connectivity index (χ1n) is 6.66. The highest BCUT2D eigenvalue weighted by molar-refractivity contribution is 5.66. The molecule has 0 unspecified atom stereocenters. The van der Waals surface area contributed by atoms with Crippen molar-refractivity contribution in [2.75, 3.05) is 17.6 Å². The fraction of sp³-hybridized carbons (Fsp3) is 0.692. The third-order valence-electron chi connectivity index (χ3n) is 2.52. The van der Waals surface area contributed by atoms with Crippen molar-refractivity contribution in [2.24, 2.45) is 0 Å². The SMILES string of the molecule is CCCCCCNc1ncnc(OC(C)C)c1N. The summed E-state index contributed by atoms with van der Waals surface area (Å²) < 4.78 is 5.51. The van der Waals surface area contributed by atoms with Crippen LogP contribution in [0.1, 0.15) is 46.5 Å². The summed E-state index contributed by atoms with van der Waals surface area (Å²) >= 11 is 0. The first-order chi connectivity index (χ1) is 8.65. The van der Waals surface area contributed by atoms with Crippen molar-refractivity contribution in [2.45, 2.75) is 52.6 Å². The Hall–Kier alpha value is -1.52. The van der Waals surface area contributed by atoms with Crippen molar-refractivity contribution in [3.05, 3.63) is 6.33 Å². The summed E-state index contributed by atoms with van der Waals surface area (Å²) in [6, 6.07) is 0. The zero-order valence-corrected chi connectivity index (χ0v) is 11.6. The molecule has 0 aliphatic rings. The number of nitrogen functional groups attached to an aromatic ring is 1. The minimum absolute atomic E-state index is 0.0552. The number of ether oxygens (including phenoxy) is 1. The van der Waals surface area contributed by atoms with Gasteiger partial charge >= 0.3 is 0 Å². The van der Waals surface area contributed by atoms with Crippen molar-refractivity contribution in [3.63, 3.8) is 0 Å². The molecular weight excluding hydrogens is 228 g/mol.